The van der Waals surface area contributed by atoms with Gasteiger partial charge in [-0.3, -0.25) is 0 Å². The Morgan fingerprint density at radius 1 is 0.417 bits per heavy atom. The predicted octanol–water partition coefficient (Wildman–Crippen LogP) is 3.27. The first-order valence-corrected chi connectivity index (χ1v) is 8.89. The first-order valence-electron chi connectivity index (χ1n) is 5.61. The normalized spacial score (nSPS) is 9.17. The Balaban J connectivity index is -0.0000000699. The van der Waals surface area contributed by atoms with Gasteiger partial charge in [-0.2, -0.15) is 0 Å². The molecule has 0 fully saturated rings. The van der Waals surface area contributed by atoms with E-state index in [0.717, 1.165) is 0 Å². The van der Waals surface area contributed by atoms with Crippen LogP contribution in [0.15, 0.2) is 0 Å². The van der Waals surface area contributed by atoms with Crippen molar-refractivity contribution in [1.29, 1.82) is 0 Å². The molecule has 0 N–H and O–H groups in total. The number of hydrogen-bond acceptors (Lipinski definition) is 10. The third-order valence-electron chi connectivity index (χ3n) is 1.34. The van der Waals surface area contributed by atoms with E-state index in [-0.39, 0.29) is 16.5 Å². The standard InChI is InChI=1S/3C3H9O3P.CH2O.Ni/c3*1-4-7(5-2)6-3;1-2;/h3*1-3H3;1H2;. The van der Waals surface area contributed by atoms with Crippen LogP contribution in [0.1, 0.15) is 0 Å². The largest absolute Gasteiger partial charge is 0.331 e. The van der Waals surface area contributed by atoms with E-state index in [0.29, 0.717) is 0 Å². The molecule has 0 saturated carbocycles. The molecule has 0 aromatic heterocycles. The zero-order valence-electron chi connectivity index (χ0n) is 15.4. The van der Waals surface area contributed by atoms with Crippen LogP contribution in [0.4, 0.5) is 0 Å². The molecule has 0 atom stereocenters. The number of carbonyl (C=O) groups is 1. The van der Waals surface area contributed by atoms with Gasteiger partial charge in [-0.15, -0.1) is 0 Å². The fourth-order valence-corrected chi connectivity index (χ4v) is 2.01. The summed E-state index contributed by atoms with van der Waals surface area (Å²) in [7, 11) is 10.7. The fraction of sp³-hybridized carbons (Fsp3) is 0.900. The Hall–Kier alpha value is 1.09. The summed E-state index contributed by atoms with van der Waals surface area (Å²) in [5.74, 6) is 0. The molecule has 0 aromatic rings. The molecule has 0 heterocycles. The summed E-state index contributed by atoms with van der Waals surface area (Å²) < 4.78 is 42.0. The van der Waals surface area contributed by atoms with Gasteiger partial charge in [-0.1, -0.05) is 0 Å². The second-order valence-corrected chi connectivity index (χ2v) is 6.94. The molecule has 0 radical (unpaired) electrons. The average molecular weight is 461 g/mol. The summed E-state index contributed by atoms with van der Waals surface area (Å²) in [6.07, 6.45) is 0. The Morgan fingerprint density at radius 3 is 0.500 bits per heavy atom. The summed E-state index contributed by atoms with van der Waals surface area (Å²) >= 11 is 0. The van der Waals surface area contributed by atoms with Crippen LogP contribution in [0.5, 0.6) is 0 Å². The molecule has 154 valence electrons. The van der Waals surface area contributed by atoms with Crippen molar-refractivity contribution in [2.45, 2.75) is 0 Å². The van der Waals surface area contributed by atoms with Crippen LogP contribution in [0.3, 0.4) is 0 Å². The van der Waals surface area contributed by atoms with Crippen molar-refractivity contribution in [2.75, 3.05) is 64.0 Å². The second kappa shape index (κ2) is 35.2. The van der Waals surface area contributed by atoms with Crippen molar-refractivity contribution in [3.63, 3.8) is 0 Å². The SMILES string of the molecule is C=O.COP(OC)OC.COP(OC)OC.COP(OC)OC.[Ni]. The van der Waals surface area contributed by atoms with Gasteiger partial charge in [0.05, 0.1) is 0 Å². The number of carbonyl (C=O) groups excluding carboxylic acids is 1. The van der Waals surface area contributed by atoms with E-state index >= 15 is 0 Å². The zero-order valence-corrected chi connectivity index (χ0v) is 19.1. The van der Waals surface area contributed by atoms with Gasteiger partial charge in [-0.05, 0) is 0 Å². The van der Waals surface area contributed by atoms with Crippen LogP contribution in [-0.4, -0.2) is 70.8 Å². The second-order valence-electron chi connectivity index (χ2n) is 2.31. The molecule has 0 amide bonds. The zero-order chi connectivity index (χ0) is 19.1. The Bertz CT molecular complexity index is 143. The quantitative estimate of drug-likeness (QED) is 0.376. The van der Waals surface area contributed by atoms with Crippen LogP contribution >= 0.6 is 25.8 Å². The maximum Gasteiger partial charge on any atom is 0.331 e. The fourth-order valence-electron chi connectivity index (χ4n) is 0.671. The minimum Gasteiger partial charge on any atom is -0.316 e. The molecule has 0 aliphatic rings. The third kappa shape index (κ3) is 30.9. The molecule has 0 rings (SSSR count). The van der Waals surface area contributed by atoms with Gasteiger partial charge in [-0.25, -0.2) is 0 Å². The minimum absolute atomic E-state index is 0. The predicted molar refractivity (Wildman–Crippen MR) is 91.0 cm³/mol. The Labute approximate surface area is 159 Å². The average Bonchev–Trinajstić information content (AvgIpc) is 2.62. The van der Waals surface area contributed by atoms with Gasteiger partial charge < -0.3 is 45.5 Å². The van der Waals surface area contributed by atoms with E-state index in [9.17, 15) is 0 Å². The van der Waals surface area contributed by atoms with Gasteiger partial charge in [0.1, 0.15) is 6.79 Å². The smallest absolute Gasteiger partial charge is 0.316 e. The maximum absolute atomic E-state index is 8.00. The summed E-state index contributed by atoms with van der Waals surface area (Å²) in [6, 6.07) is 0. The molecule has 0 saturated heterocycles. The molecule has 0 spiro atoms. The van der Waals surface area contributed by atoms with E-state index in [1.807, 2.05) is 6.79 Å². The van der Waals surface area contributed by atoms with Crippen LogP contribution < -0.4 is 0 Å². The van der Waals surface area contributed by atoms with Gasteiger partial charge in [0, 0.05) is 80.5 Å². The number of rotatable bonds is 9. The number of hydrogen-bond donors (Lipinski definition) is 0. The van der Waals surface area contributed by atoms with Gasteiger partial charge in [0.15, 0.2) is 0 Å². The van der Waals surface area contributed by atoms with Crippen molar-refractivity contribution in [3.05, 3.63) is 0 Å². The summed E-state index contributed by atoms with van der Waals surface area (Å²) in [4.78, 5) is 8.00. The van der Waals surface area contributed by atoms with E-state index in [4.69, 9.17) is 4.79 Å². The van der Waals surface area contributed by atoms with Crippen molar-refractivity contribution < 1.29 is 62.0 Å². The summed E-state index contributed by atoms with van der Waals surface area (Å²) in [5, 5.41) is 0. The molecule has 10 nitrogen and oxygen atoms in total. The molecule has 0 aliphatic heterocycles. The Morgan fingerprint density at radius 2 is 0.500 bits per heavy atom. The Kier molecular flexibility index (Phi) is 53.0. The minimum atomic E-state index is -1.05. The first-order chi connectivity index (χ1) is 11.0. The van der Waals surface area contributed by atoms with Crippen molar-refractivity contribution >= 4 is 32.6 Å². The molecular formula is C10H29NiO10P3. The van der Waals surface area contributed by atoms with Crippen LogP contribution in [0.25, 0.3) is 0 Å². The van der Waals surface area contributed by atoms with Crippen LogP contribution in [-0.2, 0) is 62.0 Å². The topological polar surface area (TPSA) is 100 Å². The van der Waals surface area contributed by atoms with Crippen molar-refractivity contribution in [2.24, 2.45) is 0 Å². The summed E-state index contributed by atoms with van der Waals surface area (Å²) in [6.45, 7) is 2.00. The van der Waals surface area contributed by atoms with Gasteiger partial charge in [0.25, 0.3) is 0 Å². The van der Waals surface area contributed by atoms with E-state index < -0.39 is 25.8 Å². The van der Waals surface area contributed by atoms with Crippen molar-refractivity contribution in [1.82, 2.24) is 0 Å². The van der Waals surface area contributed by atoms with Crippen LogP contribution in [0.2, 0.25) is 0 Å². The van der Waals surface area contributed by atoms with E-state index in [1.54, 1.807) is 64.0 Å². The molecule has 14 heteroatoms. The molecule has 0 bridgehead atoms. The van der Waals surface area contributed by atoms with Crippen LogP contribution in [0, 0.1) is 0 Å². The molecule has 0 aliphatic carbocycles. The molecule has 0 unspecified atom stereocenters. The molecular weight excluding hydrogens is 432 g/mol. The monoisotopic (exact) mass is 460 g/mol. The van der Waals surface area contributed by atoms with Gasteiger partial charge >= 0.3 is 25.8 Å². The van der Waals surface area contributed by atoms with Crippen molar-refractivity contribution in [3.8, 4) is 0 Å². The maximum atomic E-state index is 8.00. The third-order valence-corrected chi connectivity index (χ3v) is 4.02. The van der Waals surface area contributed by atoms with E-state index in [2.05, 4.69) is 40.7 Å². The first kappa shape index (κ1) is 36.1. The van der Waals surface area contributed by atoms with Gasteiger partial charge in [0.2, 0.25) is 0 Å². The molecule has 24 heavy (non-hydrogen) atoms. The summed E-state index contributed by atoms with van der Waals surface area (Å²) in [5.41, 5.74) is 0. The van der Waals surface area contributed by atoms with E-state index in [1.165, 1.54) is 0 Å². The molecule has 0 aromatic carbocycles.